The number of likely N-dealkylation sites (tertiary alicyclic amines) is 1. The molecule has 0 saturated carbocycles. The maximum absolute atomic E-state index is 12.2. The zero-order valence-electron chi connectivity index (χ0n) is 18.1. The summed E-state index contributed by atoms with van der Waals surface area (Å²) >= 11 is 0. The Morgan fingerprint density at radius 1 is 1.10 bits per heavy atom. The highest BCUT2D eigenvalue weighted by Gasteiger charge is 2.26. The molecule has 2 aromatic rings. The van der Waals surface area contributed by atoms with E-state index in [4.69, 9.17) is 0 Å². The molecule has 0 spiro atoms. The number of aryl methyl sites for hydroxylation is 2. The largest absolute Gasteiger partial charge is 0.289 e. The minimum Gasteiger partial charge on any atom is -0.289 e. The van der Waals surface area contributed by atoms with Gasteiger partial charge in [0, 0.05) is 29.9 Å². The van der Waals surface area contributed by atoms with Crippen LogP contribution in [-0.2, 0) is 9.59 Å². The lowest BCUT2D eigenvalue weighted by molar-refractivity contribution is -0.128. The van der Waals surface area contributed by atoms with Crippen molar-refractivity contribution in [2.75, 3.05) is 6.54 Å². The molecule has 2 unspecified atom stereocenters. The predicted octanol–water partition coefficient (Wildman–Crippen LogP) is 2.44. The van der Waals surface area contributed by atoms with Crippen LogP contribution in [0.25, 0.3) is 17.6 Å². The molecule has 160 valence electrons. The molecule has 1 aliphatic heterocycles. The minimum atomic E-state index is -0.438. The molecule has 2 heterocycles. The molecule has 30 heavy (non-hydrogen) atoms. The topological polar surface area (TPSA) is 92.2 Å². The van der Waals surface area contributed by atoms with Gasteiger partial charge in [-0.1, -0.05) is 23.6 Å². The fourth-order valence-electron chi connectivity index (χ4n) is 3.89. The van der Waals surface area contributed by atoms with E-state index in [1.165, 1.54) is 29.7 Å². The van der Waals surface area contributed by atoms with E-state index in [0.717, 1.165) is 29.5 Å². The van der Waals surface area contributed by atoms with E-state index in [0.29, 0.717) is 17.9 Å². The Kier molecular flexibility index (Phi) is 6.99. The smallest absolute Gasteiger partial charge is 0.263 e. The van der Waals surface area contributed by atoms with Gasteiger partial charge in [0.1, 0.15) is 6.33 Å². The Morgan fingerprint density at radius 3 is 2.43 bits per heavy atom. The van der Waals surface area contributed by atoms with E-state index < -0.39 is 5.91 Å². The molecule has 3 rings (SSSR count). The molecule has 2 N–H and O–H groups in total. The van der Waals surface area contributed by atoms with Gasteiger partial charge in [-0.3, -0.25) is 25.3 Å². The Labute approximate surface area is 177 Å². The van der Waals surface area contributed by atoms with Crippen molar-refractivity contribution in [2.24, 2.45) is 0 Å². The Bertz CT molecular complexity index is 905. The molecule has 2 atom stereocenters. The number of aromatic nitrogens is 3. The Balaban J connectivity index is 1.50. The van der Waals surface area contributed by atoms with E-state index in [1.807, 2.05) is 26.0 Å². The molecule has 1 fully saturated rings. The number of hydrogen-bond acceptors (Lipinski definition) is 5. The van der Waals surface area contributed by atoms with Gasteiger partial charge in [-0.05, 0) is 52.7 Å². The third-order valence-corrected chi connectivity index (χ3v) is 5.39. The maximum atomic E-state index is 12.2. The Morgan fingerprint density at radius 2 is 1.77 bits per heavy atom. The lowest BCUT2D eigenvalue weighted by Gasteiger charge is -2.38. The van der Waals surface area contributed by atoms with Crippen LogP contribution in [0.1, 0.15) is 44.2 Å². The molecular weight excluding hydrogens is 380 g/mol. The normalized spacial score (nSPS) is 19.7. The molecule has 1 aromatic carbocycles. The highest BCUT2D eigenvalue weighted by molar-refractivity contribution is 5.91. The van der Waals surface area contributed by atoms with E-state index in [-0.39, 0.29) is 12.5 Å². The van der Waals surface area contributed by atoms with Crippen LogP contribution in [0.3, 0.4) is 0 Å². The summed E-state index contributed by atoms with van der Waals surface area (Å²) in [5.74, 6) is -0.0771. The van der Waals surface area contributed by atoms with E-state index in [2.05, 4.69) is 45.7 Å². The standard InChI is InChI=1S/C22H30N6O2/c1-15-10-16(2)12-19(11-15)22-23-14-27(26-22)9-8-20(29)24-25-21(30)13-28-17(3)6-5-7-18(28)4/h8-12,14,17-18H,5-7,13H2,1-4H3,(H,24,29)(H,25,30)/b9-8-. The van der Waals surface area contributed by atoms with Gasteiger partial charge in [0.25, 0.3) is 11.8 Å². The number of nitrogens with one attached hydrogen (secondary N) is 2. The van der Waals surface area contributed by atoms with E-state index in [1.54, 1.807) is 0 Å². The lowest BCUT2D eigenvalue weighted by Crippen LogP contribution is -2.51. The van der Waals surface area contributed by atoms with Crippen molar-refractivity contribution in [3.05, 3.63) is 41.7 Å². The van der Waals surface area contributed by atoms with E-state index in [9.17, 15) is 9.59 Å². The van der Waals surface area contributed by atoms with Crippen LogP contribution in [0.4, 0.5) is 0 Å². The van der Waals surface area contributed by atoms with Crippen molar-refractivity contribution in [1.29, 1.82) is 0 Å². The second-order valence-corrected chi connectivity index (χ2v) is 8.08. The predicted molar refractivity (Wildman–Crippen MR) is 116 cm³/mol. The van der Waals surface area contributed by atoms with Gasteiger partial charge >= 0.3 is 0 Å². The van der Waals surface area contributed by atoms with Gasteiger partial charge in [-0.25, -0.2) is 9.67 Å². The number of nitrogens with zero attached hydrogens (tertiary/aromatic N) is 4. The first-order valence-electron chi connectivity index (χ1n) is 10.3. The average Bonchev–Trinajstić information content (AvgIpc) is 3.16. The summed E-state index contributed by atoms with van der Waals surface area (Å²) in [4.78, 5) is 30.7. The first-order chi connectivity index (χ1) is 14.3. The van der Waals surface area contributed by atoms with E-state index >= 15 is 0 Å². The third-order valence-electron chi connectivity index (χ3n) is 5.39. The van der Waals surface area contributed by atoms with Crippen LogP contribution in [0.5, 0.6) is 0 Å². The number of hydrogen-bond donors (Lipinski definition) is 2. The molecule has 8 nitrogen and oxygen atoms in total. The minimum absolute atomic E-state index is 0.227. The fourth-order valence-corrected chi connectivity index (χ4v) is 3.89. The average molecular weight is 411 g/mol. The molecule has 1 aromatic heterocycles. The summed E-state index contributed by atoms with van der Waals surface area (Å²) in [7, 11) is 0. The number of benzene rings is 1. The van der Waals surface area contributed by atoms with Gasteiger partial charge in [-0.15, -0.1) is 5.10 Å². The summed E-state index contributed by atoms with van der Waals surface area (Å²) in [6.45, 7) is 8.59. The molecule has 0 aliphatic carbocycles. The fraction of sp³-hybridized carbons (Fsp3) is 0.455. The molecule has 1 saturated heterocycles. The third kappa shape index (κ3) is 5.76. The molecule has 8 heteroatoms. The van der Waals surface area contributed by atoms with Crippen molar-refractivity contribution in [3.63, 3.8) is 0 Å². The maximum Gasteiger partial charge on any atom is 0.263 e. The summed E-state index contributed by atoms with van der Waals surface area (Å²) < 4.78 is 1.46. The number of carbonyl (C=O) groups is 2. The second-order valence-electron chi connectivity index (χ2n) is 8.08. The van der Waals surface area contributed by atoms with Gasteiger partial charge in [0.05, 0.1) is 6.54 Å². The highest BCUT2D eigenvalue weighted by atomic mass is 16.2. The van der Waals surface area contributed by atoms with Crippen LogP contribution in [0.2, 0.25) is 0 Å². The first kappa shape index (κ1) is 21.7. The monoisotopic (exact) mass is 410 g/mol. The van der Waals surface area contributed by atoms with Gasteiger partial charge < -0.3 is 0 Å². The number of amides is 2. The van der Waals surface area contributed by atoms with Crippen LogP contribution in [-0.4, -0.2) is 50.1 Å². The lowest BCUT2D eigenvalue weighted by atomic mass is 9.98. The number of carbonyl (C=O) groups excluding carboxylic acids is 2. The van der Waals surface area contributed by atoms with Gasteiger partial charge in [-0.2, -0.15) is 0 Å². The van der Waals surface area contributed by atoms with Crippen LogP contribution < -0.4 is 10.9 Å². The summed E-state index contributed by atoms with van der Waals surface area (Å²) in [6, 6.07) is 6.86. The zero-order valence-corrected chi connectivity index (χ0v) is 18.1. The second kappa shape index (κ2) is 9.67. The van der Waals surface area contributed by atoms with Crippen LogP contribution in [0, 0.1) is 13.8 Å². The Hall–Kier alpha value is -3.00. The SMILES string of the molecule is Cc1cc(C)cc(-c2ncn(/C=C\C(=O)NNC(=O)CN3C(C)CCCC3C)n2)c1. The van der Waals surface area contributed by atoms with Crippen molar-refractivity contribution >= 4 is 18.0 Å². The summed E-state index contributed by atoms with van der Waals surface area (Å²) in [5, 5.41) is 4.37. The molecule has 0 radical (unpaired) electrons. The summed E-state index contributed by atoms with van der Waals surface area (Å²) in [6.07, 6.45) is 7.70. The van der Waals surface area contributed by atoms with Gasteiger partial charge in [0.15, 0.2) is 5.82 Å². The molecular formula is C22H30N6O2. The molecule has 1 aliphatic rings. The molecule has 0 bridgehead atoms. The number of rotatable bonds is 5. The zero-order chi connectivity index (χ0) is 21.7. The summed E-state index contributed by atoms with van der Waals surface area (Å²) in [5.41, 5.74) is 8.09. The van der Waals surface area contributed by atoms with Crippen LogP contribution in [0.15, 0.2) is 30.6 Å². The van der Waals surface area contributed by atoms with Crippen molar-refractivity contribution in [1.82, 2.24) is 30.5 Å². The van der Waals surface area contributed by atoms with Crippen molar-refractivity contribution in [3.8, 4) is 11.4 Å². The van der Waals surface area contributed by atoms with Gasteiger partial charge in [0.2, 0.25) is 0 Å². The number of hydrazine groups is 1. The highest BCUT2D eigenvalue weighted by Crippen LogP contribution is 2.21. The quantitative estimate of drug-likeness (QED) is 0.583. The number of piperidine rings is 1. The van der Waals surface area contributed by atoms with Crippen molar-refractivity contribution < 1.29 is 9.59 Å². The molecule has 2 amide bonds. The van der Waals surface area contributed by atoms with Crippen molar-refractivity contribution in [2.45, 2.75) is 59.0 Å². The van der Waals surface area contributed by atoms with Crippen LogP contribution >= 0.6 is 0 Å². The first-order valence-corrected chi connectivity index (χ1v) is 10.3.